The van der Waals surface area contributed by atoms with Crippen LogP contribution in [0, 0.1) is 0 Å². The smallest absolute Gasteiger partial charge is 0.0409 e. The molecule has 0 saturated carbocycles. The van der Waals surface area contributed by atoms with Gasteiger partial charge in [-0.1, -0.05) is 59.8 Å². The second-order valence-electron chi connectivity index (χ2n) is 8.15. The molecule has 0 N–H and O–H groups in total. The SMILES string of the molecule is Cl.Cl.Clc1ccc2c(c1)CC(N1CCN(CCSc3ccccc3)CC1)c1ccccc1S2. The van der Waals surface area contributed by atoms with Gasteiger partial charge in [-0.3, -0.25) is 9.80 Å². The van der Waals surface area contributed by atoms with Crippen molar-refractivity contribution in [3.8, 4) is 0 Å². The fourth-order valence-electron chi connectivity index (χ4n) is 4.53. The maximum atomic E-state index is 6.36. The molecule has 2 nitrogen and oxygen atoms in total. The summed E-state index contributed by atoms with van der Waals surface area (Å²) >= 11 is 10.2. The summed E-state index contributed by atoms with van der Waals surface area (Å²) in [6, 6.07) is 26.5. The van der Waals surface area contributed by atoms with Gasteiger partial charge >= 0.3 is 0 Å². The molecule has 1 atom stereocenters. The Morgan fingerprint density at radius 2 is 1.58 bits per heavy atom. The number of piperazine rings is 1. The van der Waals surface area contributed by atoms with E-state index < -0.39 is 0 Å². The van der Waals surface area contributed by atoms with Gasteiger partial charge in [-0.05, 0) is 53.9 Å². The molecule has 33 heavy (non-hydrogen) atoms. The number of hydrogen-bond acceptors (Lipinski definition) is 4. The normalized spacial score (nSPS) is 18.3. The number of fused-ring (bicyclic) bond motifs is 2. The van der Waals surface area contributed by atoms with E-state index in [0.717, 1.165) is 49.9 Å². The van der Waals surface area contributed by atoms with E-state index in [1.54, 1.807) is 0 Å². The minimum Gasteiger partial charge on any atom is -0.300 e. The molecular formula is C26H29Cl3N2S2. The first-order valence-electron chi connectivity index (χ1n) is 11.0. The fraction of sp³-hybridized carbons (Fsp3) is 0.308. The standard InChI is InChI=1S/C26H27ClN2S2.2ClH/c27-21-10-11-25-20(18-21)19-24(23-8-4-5-9-26(23)31-25)29-14-12-28(13-15-29)16-17-30-22-6-2-1-3-7-22;;/h1-11,18,24H,12-17,19H2;2*1H. The Labute approximate surface area is 223 Å². The number of halogens is 3. The molecular weight excluding hydrogens is 511 g/mol. The number of thioether (sulfide) groups is 1. The Morgan fingerprint density at radius 3 is 2.36 bits per heavy atom. The van der Waals surface area contributed by atoms with E-state index in [-0.39, 0.29) is 24.8 Å². The van der Waals surface area contributed by atoms with Crippen molar-refractivity contribution in [1.29, 1.82) is 0 Å². The number of rotatable bonds is 5. The van der Waals surface area contributed by atoms with Gasteiger partial charge in [0.15, 0.2) is 0 Å². The molecule has 176 valence electrons. The van der Waals surface area contributed by atoms with E-state index in [4.69, 9.17) is 11.6 Å². The lowest BCUT2D eigenvalue weighted by Gasteiger charge is -2.39. The third-order valence-electron chi connectivity index (χ3n) is 6.20. The zero-order chi connectivity index (χ0) is 21.0. The molecule has 0 amide bonds. The van der Waals surface area contributed by atoms with Crippen LogP contribution in [0.15, 0.2) is 87.5 Å². The molecule has 5 rings (SSSR count). The summed E-state index contributed by atoms with van der Waals surface area (Å²) in [6.45, 7) is 5.68. The minimum absolute atomic E-state index is 0. The van der Waals surface area contributed by atoms with Crippen LogP contribution in [0.5, 0.6) is 0 Å². The average Bonchev–Trinajstić information content (AvgIpc) is 2.97. The molecule has 7 heteroatoms. The number of nitrogens with zero attached hydrogens (tertiary/aromatic N) is 2. The minimum atomic E-state index is 0. The Kier molecular flexibility index (Phi) is 10.3. The van der Waals surface area contributed by atoms with Crippen LogP contribution in [-0.4, -0.2) is 48.3 Å². The van der Waals surface area contributed by atoms with Gasteiger partial charge < -0.3 is 0 Å². The van der Waals surface area contributed by atoms with Crippen LogP contribution < -0.4 is 0 Å². The third kappa shape index (κ3) is 6.64. The van der Waals surface area contributed by atoms with Gasteiger partial charge in [0.05, 0.1) is 0 Å². The van der Waals surface area contributed by atoms with E-state index in [2.05, 4.69) is 76.5 Å². The fourth-order valence-corrected chi connectivity index (χ4v) is 6.77. The van der Waals surface area contributed by atoms with E-state index in [1.165, 1.54) is 25.8 Å². The predicted molar refractivity (Wildman–Crippen MR) is 148 cm³/mol. The van der Waals surface area contributed by atoms with Crippen LogP contribution in [0.4, 0.5) is 0 Å². The van der Waals surface area contributed by atoms with Crippen molar-refractivity contribution >= 4 is 59.9 Å². The molecule has 0 aromatic heterocycles. The highest BCUT2D eigenvalue weighted by Gasteiger charge is 2.29. The molecule has 3 aromatic carbocycles. The van der Waals surface area contributed by atoms with Crippen molar-refractivity contribution < 1.29 is 0 Å². The van der Waals surface area contributed by atoms with Crippen LogP contribution in [0.2, 0.25) is 5.02 Å². The van der Waals surface area contributed by atoms with E-state index in [0.29, 0.717) is 6.04 Å². The van der Waals surface area contributed by atoms with Crippen molar-refractivity contribution in [3.63, 3.8) is 0 Å². The summed E-state index contributed by atoms with van der Waals surface area (Å²) in [7, 11) is 0. The van der Waals surface area contributed by atoms with Crippen LogP contribution in [0.1, 0.15) is 17.2 Å². The summed E-state index contributed by atoms with van der Waals surface area (Å²) < 4.78 is 0. The van der Waals surface area contributed by atoms with Gasteiger partial charge in [0.2, 0.25) is 0 Å². The lowest BCUT2D eigenvalue weighted by molar-refractivity contribution is 0.0984. The lowest BCUT2D eigenvalue weighted by Crippen LogP contribution is -2.48. The lowest BCUT2D eigenvalue weighted by atomic mass is 9.96. The largest absolute Gasteiger partial charge is 0.300 e. The quantitative estimate of drug-likeness (QED) is 0.313. The third-order valence-corrected chi connectivity index (χ3v) is 8.64. The molecule has 1 fully saturated rings. The first kappa shape index (κ1) is 26.7. The molecule has 2 heterocycles. The van der Waals surface area contributed by atoms with Gasteiger partial charge in [-0.15, -0.1) is 36.6 Å². The zero-order valence-corrected chi connectivity index (χ0v) is 22.4. The van der Waals surface area contributed by atoms with Crippen LogP contribution >= 0.6 is 59.9 Å². The van der Waals surface area contributed by atoms with Gasteiger partial charge in [0.25, 0.3) is 0 Å². The van der Waals surface area contributed by atoms with Gasteiger partial charge in [-0.2, -0.15) is 0 Å². The maximum Gasteiger partial charge on any atom is 0.0409 e. The predicted octanol–water partition coefficient (Wildman–Crippen LogP) is 7.34. The van der Waals surface area contributed by atoms with Crippen LogP contribution in [0.25, 0.3) is 0 Å². The second kappa shape index (κ2) is 12.7. The summed E-state index contributed by atoms with van der Waals surface area (Å²) in [5.41, 5.74) is 2.84. The van der Waals surface area contributed by atoms with Gasteiger partial charge in [-0.25, -0.2) is 0 Å². The van der Waals surface area contributed by atoms with Crippen molar-refractivity contribution in [2.45, 2.75) is 27.1 Å². The van der Waals surface area contributed by atoms with Crippen molar-refractivity contribution in [3.05, 3.63) is 88.9 Å². The summed E-state index contributed by atoms with van der Waals surface area (Å²) in [6.07, 6.45) is 1.03. The molecule has 2 aliphatic rings. The van der Waals surface area contributed by atoms with Crippen molar-refractivity contribution in [2.75, 3.05) is 38.5 Å². The second-order valence-corrected chi connectivity index (χ2v) is 10.8. The number of hydrogen-bond donors (Lipinski definition) is 0. The van der Waals surface area contributed by atoms with Crippen molar-refractivity contribution in [2.24, 2.45) is 0 Å². The molecule has 0 radical (unpaired) electrons. The highest BCUT2D eigenvalue weighted by molar-refractivity contribution is 7.99. The molecule has 0 spiro atoms. The highest BCUT2D eigenvalue weighted by Crippen LogP contribution is 2.43. The van der Waals surface area contributed by atoms with Gasteiger partial charge in [0.1, 0.15) is 0 Å². The molecule has 0 aliphatic carbocycles. The monoisotopic (exact) mass is 538 g/mol. The zero-order valence-electron chi connectivity index (χ0n) is 18.4. The molecule has 2 aliphatic heterocycles. The molecule has 3 aromatic rings. The summed E-state index contributed by atoms with van der Waals surface area (Å²) in [5.74, 6) is 1.15. The van der Waals surface area contributed by atoms with Crippen LogP contribution in [0.3, 0.4) is 0 Å². The molecule has 1 unspecified atom stereocenters. The first-order chi connectivity index (χ1) is 15.3. The Bertz CT molecular complexity index is 1030. The Balaban J connectivity index is 0.00000153. The highest BCUT2D eigenvalue weighted by atomic mass is 35.5. The van der Waals surface area contributed by atoms with Gasteiger partial charge in [0, 0.05) is 64.2 Å². The van der Waals surface area contributed by atoms with E-state index in [1.807, 2.05) is 29.6 Å². The first-order valence-corrected chi connectivity index (χ1v) is 13.1. The topological polar surface area (TPSA) is 6.48 Å². The summed E-state index contributed by atoms with van der Waals surface area (Å²) in [5, 5.41) is 0.838. The number of benzene rings is 3. The Hall–Kier alpha value is -0.850. The summed E-state index contributed by atoms with van der Waals surface area (Å²) in [4.78, 5) is 9.41. The molecule has 0 bridgehead atoms. The van der Waals surface area contributed by atoms with E-state index >= 15 is 0 Å². The van der Waals surface area contributed by atoms with E-state index in [9.17, 15) is 0 Å². The Morgan fingerprint density at radius 1 is 0.848 bits per heavy atom. The van der Waals surface area contributed by atoms with Crippen LogP contribution in [-0.2, 0) is 6.42 Å². The maximum absolute atomic E-state index is 6.36. The molecule has 1 saturated heterocycles. The average molecular weight is 540 g/mol. The van der Waals surface area contributed by atoms with Crippen molar-refractivity contribution in [1.82, 2.24) is 9.80 Å².